The minimum Gasteiger partial charge on any atom is -0.377 e. The summed E-state index contributed by atoms with van der Waals surface area (Å²) in [5, 5.41) is 3.21. The molecule has 1 aromatic heterocycles. The molecular weight excluding hydrogens is 349 g/mol. The van der Waals surface area contributed by atoms with Crippen molar-refractivity contribution in [3.63, 3.8) is 0 Å². The summed E-state index contributed by atoms with van der Waals surface area (Å²) in [5.74, 6) is 0.0606. The second kappa shape index (κ2) is 6.57. The van der Waals surface area contributed by atoms with Gasteiger partial charge in [0.05, 0.1) is 31.1 Å². The third kappa shape index (κ3) is 3.72. The van der Waals surface area contributed by atoms with E-state index in [2.05, 4.69) is 5.32 Å². The summed E-state index contributed by atoms with van der Waals surface area (Å²) < 4.78 is 25.5. The summed E-state index contributed by atoms with van der Waals surface area (Å²) in [6.45, 7) is 3.55. The Balaban J connectivity index is 2.34. The van der Waals surface area contributed by atoms with Gasteiger partial charge in [0.1, 0.15) is 0 Å². The highest BCUT2D eigenvalue weighted by molar-refractivity contribution is 7.91. The number of sulfone groups is 1. The zero-order chi connectivity index (χ0) is 15.6. The number of rotatable bonds is 5. The Hall–Kier alpha value is -0.750. The van der Waals surface area contributed by atoms with E-state index in [-0.39, 0.29) is 11.8 Å². The summed E-state index contributed by atoms with van der Waals surface area (Å²) >= 11 is 13.4. The van der Waals surface area contributed by atoms with Gasteiger partial charge in [0.15, 0.2) is 9.84 Å². The van der Waals surface area contributed by atoms with Crippen molar-refractivity contribution in [3.8, 4) is 0 Å². The number of benzene rings is 1. The summed E-state index contributed by atoms with van der Waals surface area (Å²) in [7, 11) is -3.28. The number of anilines is 1. The molecule has 0 saturated carbocycles. The molecule has 1 aromatic carbocycles. The zero-order valence-corrected chi connectivity index (χ0v) is 14.7. The third-order valence-electron chi connectivity index (χ3n) is 3.12. The molecule has 0 amide bonds. The van der Waals surface area contributed by atoms with Gasteiger partial charge in [-0.05, 0) is 25.1 Å². The number of nitrogens with one attached hydrogen (secondary N) is 1. The molecule has 1 N–H and O–H groups in total. The van der Waals surface area contributed by atoms with Gasteiger partial charge in [-0.2, -0.15) is 0 Å². The van der Waals surface area contributed by atoms with E-state index >= 15 is 0 Å². The molecule has 2 aromatic rings. The molecule has 0 bridgehead atoms. The minimum absolute atomic E-state index is 0.0606. The Morgan fingerprint density at radius 2 is 1.95 bits per heavy atom. The molecule has 114 valence electrons. The summed E-state index contributed by atoms with van der Waals surface area (Å²) in [6.07, 6.45) is 0. The zero-order valence-electron chi connectivity index (χ0n) is 11.6. The lowest BCUT2D eigenvalue weighted by molar-refractivity contribution is 0.597. The average Bonchev–Trinajstić information content (AvgIpc) is 2.78. The molecule has 0 spiro atoms. The normalized spacial score (nSPS) is 13.1. The first kappa shape index (κ1) is 16.6. The van der Waals surface area contributed by atoms with Crippen LogP contribution >= 0.6 is 34.5 Å². The highest BCUT2D eigenvalue weighted by Crippen LogP contribution is 2.36. The first-order valence-corrected chi connectivity index (χ1v) is 9.60. The van der Waals surface area contributed by atoms with Crippen LogP contribution in [0.1, 0.15) is 25.5 Å². The van der Waals surface area contributed by atoms with Crippen molar-refractivity contribution in [1.82, 2.24) is 0 Å². The van der Waals surface area contributed by atoms with Gasteiger partial charge < -0.3 is 5.32 Å². The first-order chi connectivity index (χ1) is 9.85. The maximum atomic E-state index is 12.1. The van der Waals surface area contributed by atoms with Gasteiger partial charge in [0.2, 0.25) is 0 Å². The van der Waals surface area contributed by atoms with Crippen molar-refractivity contribution in [2.45, 2.75) is 24.8 Å². The van der Waals surface area contributed by atoms with E-state index < -0.39 is 9.84 Å². The molecule has 7 heteroatoms. The first-order valence-electron chi connectivity index (χ1n) is 6.38. The van der Waals surface area contributed by atoms with Crippen molar-refractivity contribution >= 4 is 50.1 Å². The van der Waals surface area contributed by atoms with Crippen LogP contribution in [0.15, 0.2) is 35.2 Å². The van der Waals surface area contributed by atoms with Crippen molar-refractivity contribution in [1.29, 1.82) is 0 Å². The molecule has 1 heterocycles. The quantitative estimate of drug-likeness (QED) is 0.810. The van der Waals surface area contributed by atoms with Crippen LogP contribution in [0.25, 0.3) is 0 Å². The number of thiophene rings is 1. The monoisotopic (exact) mass is 363 g/mol. The van der Waals surface area contributed by atoms with E-state index in [4.69, 9.17) is 23.2 Å². The van der Waals surface area contributed by atoms with Crippen molar-refractivity contribution in [2.75, 3.05) is 11.1 Å². The summed E-state index contributed by atoms with van der Waals surface area (Å²) in [4.78, 5) is 0.303. The number of halogens is 2. The maximum Gasteiger partial charge on any atom is 0.180 e. The van der Waals surface area contributed by atoms with Crippen molar-refractivity contribution in [2.24, 2.45) is 0 Å². The largest absolute Gasteiger partial charge is 0.377 e. The molecule has 0 aliphatic heterocycles. The molecule has 0 aliphatic rings. The van der Waals surface area contributed by atoms with Gasteiger partial charge in [0, 0.05) is 5.56 Å². The fraction of sp³-hybridized carbons (Fsp3) is 0.286. The van der Waals surface area contributed by atoms with Crippen molar-refractivity contribution < 1.29 is 8.42 Å². The molecule has 0 aliphatic carbocycles. The molecule has 1 unspecified atom stereocenters. The molecule has 21 heavy (non-hydrogen) atoms. The molecular formula is C14H15Cl2NO2S2. The van der Waals surface area contributed by atoms with Crippen LogP contribution in [-0.2, 0) is 9.84 Å². The van der Waals surface area contributed by atoms with Crippen LogP contribution in [0.2, 0.25) is 8.67 Å². The topological polar surface area (TPSA) is 46.2 Å². The Kier molecular flexibility index (Phi) is 5.20. The molecule has 1 atom stereocenters. The van der Waals surface area contributed by atoms with Crippen LogP contribution in [0.4, 0.5) is 5.69 Å². The highest BCUT2D eigenvalue weighted by Gasteiger charge is 2.19. The summed E-state index contributed by atoms with van der Waals surface area (Å²) in [6, 6.07) is 8.52. The Morgan fingerprint density at radius 3 is 2.52 bits per heavy atom. The number of para-hydroxylation sites is 1. The van der Waals surface area contributed by atoms with Gasteiger partial charge in [-0.1, -0.05) is 42.3 Å². The van der Waals surface area contributed by atoms with Crippen LogP contribution in [0.5, 0.6) is 0 Å². The van der Waals surface area contributed by atoms with Crippen LogP contribution in [-0.4, -0.2) is 14.2 Å². The summed E-state index contributed by atoms with van der Waals surface area (Å²) in [5.41, 5.74) is 1.43. The lowest BCUT2D eigenvalue weighted by Gasteiger charge is -2.17. The fourth-order valence-corrected chi connectivity index (χ4v) is 4.68. The molecule has 0 saturated heterocycles. The smallest absolute Gasteiger partial charge is 0.180 e. The molecule has 0 fully saturated rings. The van der Waals surface area contributed by atoms with E-state index in [1.54, 1.807) is 37.3 Å². The predicted octanol–water partition coefficient (Wildman–Crippen LogP) is 5.02. The Bertz CT molecular complexity index is 741. The van der Waals surface area contributed by atoms with E-state index in [0.717, 1.165) is 5.56 Å². The van der Waals surface area contributed by atoms with E-state index in [1.165, 1.54) is 11.3 Å². The average molecular weight is 364 g/mol. The number of hydrogen-bond donors (Lipinski definition) is 1. The minimum atomic E-state index is -3.28. The molecule has 3 nitrogen and oxygen atoms in total. The molecule has 2 rings (SSSR count). The van der Waals surface area contributed by atoms with E-state index in [1.807, 2.05) is 6.92 Å². The standard InChI is InChI=1S/C14H15Cl2NO2S2/c1-3-21(18,19)12-7-5-4-6-11(12)17-9(2)10-8-13(15)20-14(10)16/h4-9,17H,3H2,1-2H3. The van der Waals surface area contributed by atoms with Gasteiger partial charge in [-0.25, -0.2) is 8.42 Å². The second-order valence-electron chi connectivity index (χ2n) is 4.55. The van der Waals surface area contributed by atoms with E-state index in [0.29, 0.717) is 19.3 Å². The van der Waals surface area contributed by atoms with Gasteiger partial charge in [0.25, 0.3) is 0 Å². The van der Waals surface area contributed by atoms with Gasteiger partial charge in [-0.3, -0.25) is 0 Å². The number of hydrogen-bond acceptors (Lipinski definition) is 4. The fourth-order valence-electron chi connectivity index (χ4n) is 1.97. The lowest BCUT2D eigenvalue weighted by Crippen LogP contribution is -2.11. The third-order valence-corrected chi connectivity index (χ3v) is 6.43. The lowest BCUT2D eigenvalue weighted by atomic mass is 10.1. The van der Waals surface area contributed by atoms with Gasteiger partial charge in [-0.15, -0.1) is 11.3 Å². The highest BCUT2D eigenvalue weighted by atomic mass is 35.5. The second-order valence-corrected chi connectivity index (χ2v) is 9.08. The van der Waals surface area contributed by atoms with E-state index in [9.17, 15) is 8.42 Å². The van der Waals surface area contributed by atoms with Crippen LogP contribution < -0.4 is 5.32 Å². The predicted molar refractivity (Wildman–Crippen MR) is 90.5 cm³/mol. The Labute approximate surface area is 138 Å². The molecule has 0 radical (unpaired) electrons. The maximum absolute atomic E-state index is 12.1. The Morgan fingerprint density at radius 1 is 1.29 bits per heavy atom. The van der Waals surface area contributed by atoms with Crippen LogP contribution in [0.3, 0.4) is 0 Å². The van der Waals surface area contributed by atoms with Crippen molar-refractivity contribution in [3.05, 3.63) is 44.6 Å². The SMILES string of the molecule is CCS(=O)(=O)c1ccccc1NC(C)c1cc(Cl)sc1Cl. The van der Waals surface area contributed by atoms with Gasteiger partial charge >= 0.3 is 0 Å². The van der Waals surface area contributed by atoms with Crippen LogP contribution in [0, 0.1) is 0 Å².